The number of benzene rings is 3. The lowest BCUT2D eigenvalue weighted by Crippen LogP contribution is -1.97. The van der Waals surface area contributed by atoms with E-state index >= 15 is 0 Å². The second-order valence-electron chi connectivity index (χ2n) is 7.41. The Morgan fingerprint density at radius 2 is 1.61 bits per heavy atom. The summed E-state index contributed by atoms with van der Waals surface area (Å²) in [4.78, 5) is 0. The Bertz CT molecular complexity index is 1170. The summed E-state index contributed by atoms with van der Waals surface area (Å²) >= 11 is 0. The molecular weight excluding hydrogens is 342 g/mol. The number of hydrogen-bond acceptors (Lipinski definition) is 2. The molecule has 0 aliphatic carbocycles. The van der Waals surface area contributed by atoms with Crippen LogP contribution in [0.15, 0.2) is 65.6 Å². The van der Waals surface area contributed by atoms with Gasteiger partial charge in [0.25, 0.3) is 0 Å². The van der Waals surface area contributed by atoms with Gasteiger partial charge in [0.1, 0.15) is 5.76 Å². The molecule has 0 aliphatic rings. The van der Waals surface area contributed by atoms with Crippen LogP contribution in [0.25, 0.3) is 28.2 Å². The minimum absolute atomic E-state index is 0.883. The van der Waals surface area contributed by atoms with E-state index in [1.165, 1.54) is 16.7 Å². The maximum Gasteiger partial charge on any atom is 0.158 e. The molecule has 0 saturated carbocycles. The first kappa shape index (κ1) is 18.1. The van der Waals surface area contributed by atoms with E-state index in [-0.39, 0.29) is 0 Å². The van der Waals surface area contributed by atoms with Crippen LogP contribution >= 0.6 is 0 Å². The van der Waals surface area contributed by atoms with Gasteiger partial charge in [-0.05, 0) is 56.0 Å². The van der Waals surface area contributed by atoms with Crippen molar-refractivity contribution < 1.29 is 4.42 Å². The Hall–Kier alpha value is -3.26. The first-order valence-corrected chi connectivity index (χ1v) is 9.58. The van der Waals surface area contributed by atoms with E-state index < -0.39 is 0 Å². The Balaban J connectivity index is 1.89. The minimum Gasteiger partial charge on any atom is -0.459 e. The van der Waals surface area contributed by atoms with Gasteiger partial charge in [0.15, 0.2) is 5.58 Å². The Labute approximate surface area is 166 Å². The number of furan rings is 1. The van der Waals surface area contributed by atoms with E-state index in [1.807, 2.05) is 19.1 Å². The van der Waals surface area contributed by atoms with Crippen molar-refractivity contribution in [1.29, 1.82) is 0 Å². The minimum atomic E-state index is 0.883. The van der Waals surface area contributed by atoms with Crippen molar-refractivity contribution in [3.63, 3.8) is 0 Å². The van der Waals surface area contributed by atoms with Gasteiger partial charge >= 0.3 is 0 Å². The molecule has 2 heteroatoms. The van der Waals surface area contributed by atoms with Gasteiger partial charge in [0.05, 0.1) is 5.69 Å². The van der Waals surface area contributed by atoms with E-state index in [9.17, 15) is 0 Å². The maximum atomic E-state index is 6.26. The van der Waals surface area contributed by atoms with Crippen molar-refractivity contribution in [2.24, 2.45) is 0 Å². The lowest BCUT2D eigenvalue weighted by atomic mass is 9.97. The van der Waals surface area contributed by atoms with E-state index in [0.717, 1.165) is 44.8 Å². The van der Waals surface area contributed by atoms with Gasteiger partial charge in [-0.2, -0.15) is 0 Å². The summed E-state index contributed by atoms with van der Waals surface area (Å²) in [5.74, 6) is 0.913. The van der Waals surface area contributed by atoms with E-state index in [0.29, 0.717) is 0 Å². The largest absolute Gasteiger partial charge is 0.459 e. The summed E-state index contributed by atoms with van der Waals surface area (Å²) in [5, 5.41) is 4.73. The molecule has 4 aromatic rings. The zero-order valence-electron chi connectivity index (χ0n) is 16.9. The van der Waals surface area contributed by atoms with Crippen LogP contribution in [-0.4, -0.2) is 0 Å². The second-order valence-corrected chi connectivity index (χ2v) is 7.41. The molecule has 0 saturated heterocycles. The molecule has 0 aliphatic heterocycles. The number of aryl methyl sites for hydroxylation is 4. The van der Waals surface area contributed by atoms with Crippen LogP contribution in [0.4, 0.5) is 11.4 Å². The number of hydrogen-bond donors (Lipinski definition) is 1. The molecule has 0 atom stereocenters. The topological polar surface area (TPSA) is 25.2 Å². The van der Waals surface area contributed by atoms with Crippen molar-refractivity contribution in [3.05, 3.63) is 89.2 Å². The lowest BCUT2D eigenvalue weighted by molar-refractivity contribution is 0.581. The van der Waals surface area contributed by atoms with Gasteiger partial charge in [0, 0.05) is 16.6 Å². The van der Waals surface area contributed by atoms with Crippen molar-refractivity contribution in [3.8, 4) is 11.1 Å². The van der Waals surface area contributed by atoms with E-state index in [4.69, 9.17) is 4.42 Å². The standard InChI is InChI=1S/C26H25NO/c1-6-20-10-7-8-11-21(20)24-19(5)28-26-22(24)12-9-13-23(26)27-25-17(3)14-16(2)15-18(25)4/h6-15,27H,1H2,2-5H3. The molecule has 1 aromatic heterocycles. The monoisotopic (exact) mass is 367 g/mol. The van der Waals surface area contributed by atoms with Gasteiger partial charge in [-0.3, -0.25) is 0 Å². The third kappa shape index (κ3) is 3.01. The van der Waals surface area contributed by atoms with Gasteiger partial charge in [0.2, 0.25) is 0 Å². The van der Waals surface area contributed by atoms with Crippen molar-refractivity contribution in [2.45, 2.75) is 27.7 Å². The van der Waals surface area contributed by atoms with Crippen LogP contribution < -0.4 is 5.32 Å². The summed E-state index contributed by atoms with van der Waals surface area (Å²) in [6, 6.07) is 19.0. The van der Waals surface area contributed by atoms with E-state index in [2.05, 4.69) is 81.2 Å². The summed E-state index contributed by atoms with van der Waals surface area (Å²) in [6.45, 7) is 12.4. The molecule has 0 bridgehead atoms. The molecule has 140 valence electrons. The van der Waals surface area contributed by atoms with Crippen molar-refractivity contribution in [1.82, 2.24) is 0 Å². The summed E-state index contributed by atoms with van der Waals surface area (Å²) in [7, 11) is 0. The van der Waals surface area contributed by atoms with Gasteiger partial charge in [-0.15, -0.1) is 0 Å². The number of fused-ring (bicyclic) bond motifs is 1. The molecule has 3 aromatic carbocycles. The molecule has 0 fully saturated rings. The molecule has 2 nitrogen and oxygen atoms in total. The maximum absolute atomic E-state index is 6.26. The molecule has 1 heterocycles. The third-order valence-electron chi connectivity index (χ3n) is 5.28. The number of anilines is 2. The van der Waals surface area contributed by atoms with Crippen molar-refractivity contribution >= 4 is 28.4 Å². The fraction of sp³-hybridized carbons (Fsp3) is 0.154. The molecule has 0 amide bonds. The van der Waals surface area contributed by atoms with E-state index in [1.54, 1.807) is 0 Å². The van der Waals surface area contributed by atoms with Gasteiger partial charge < -0.3 is 9.73 Å². The molecule has 28 heavy (non-hydrogen) atoms. The van der Waals surface area contributed by atoms with Crippen LogP contribution in [0.3, 0.4) is 0 Å². The van der Waals surface area contributed by atoms with Crippen LogP contribution in [0.2, 0.25) is 0 Å². The first-order chi connectivity index (χ1) is 13.5. The Morgan fingerprint density at radius 3 is 2.32 bits per heavy atom. The molecule has 0 unspecified atom stereocenters. The lowest BCUT2D eigenvalue weighted by Gasteiger charge is -2.14. The number of rotatable bonds is 4. The normalized spacial score (nSPS) is 11.0. The molecule has 0 spiro atoms. The second kappa shape index (κ2) is 7.05. The van der Waals surface area contributed by atoms with Crippen LogP contribution in [0.5, 0.6) is 0 Å². The number of para-hydroxylation sites is 1. The highest BCUT2D eigenvalue weighted by molar-refractivity contribution is 6.03. The highest BCUT2D eigenvalue weighted by Crippen LogP contribution is 2.40. The fourth-order valence-corrected chi connectivity index (χ4v) is 4.09. The predicted molar refractivity (Wildman–Crippen MR) is 120 cm³/mol. The zero-order chi connectivity index (χ0) is 19.8. The Kier molecular flexibility index (Phi) is 4.56. The highest BCUT2D eigenvalue weighted by atomic mass is 16.3. The Morgan fingerprint density at radius 1 is 0.893 bits per heavy atom. The summed E-state index contributed by atoms with van der Waals surface area (Å²) in [5.41, 5.74) is 10.1. The first-order valence-electron chi connectivity index (χ1n) is 9.58. The average molecular weight is 367 g/mol. The summed E-state index contributed by atoms with van der Waals surface area (Å²) < 4.78 is 6.26. The summed E-state index contributed by atoms with van der Waals surface area (Å²) in [6.07, 6.45) is 1.90. The number of nitrogens with one attached hydrogen (secondary N) is 1. The van der Waals surface area contributed by atoms with Crippen LogP contribution in [0, 0.1) is 27.7 Å². The molecular formula is C26H25NO. The predicted octanol–water partition coefficient (Wildman–Crippen LogP) is 7.72. The smallest absolute Gasteiger partial charge is 0.158 e. The SMILES string of the molecule is C=Cc1ccccc1-c1c(C)oc2c(Nc3c(C)cc(C)cc3C)cccc12. The molecule has 4 rings (SSSR count). The fourth-order valence-electron chi connectivity index (χ4n) is 4.09. The van der Waals surface area contributed by atoms with Gasteiger partial charge in [-0.25, -0.2) is 0 Å². The van der Waals surface area contributed by atoms with Gasteiger partial charge in [-0.1, -0.05) is 66.7 Å². The van der Waals surface area contributed by atoms with Crippen molar-refractivity contribution in [2.75, 3.05) is 5.32 Å². The molecule has 0 radical (unpaired) electrons. The quantitative estimate of drug-likeness (QED) is 0.399. The molecule has 1 N–H and O–H groups in total. The zero-order valence-corrected chi connectivity index (χ0v) is 16.9. The average Bonchev–Trinajstić information content (AvgIpc) is 3.01. The highest BCUT2D eigenvalue weighted by Gasteiger charge is 2.17. The third-order valence-corrected chi connectivity index (χ3v) is 5.28. The van der Waals surface area contributed by atoms with Crippen LogP contribution in [-0.2, 0) is 0 Å². The van der Waals surface area contributed by atoms with Crippen LogP contribution in [0.1, 0.15) is 28.0 Å².